The van der Waals surface area contributed by atoms with Crippen molar-refractivity contribution < 1.29 is 8.78 Å². The van der Waals surface area contributed by atoms with Crippen LogP contribution in [0.2, 0.25) is 0 Å². The Morgan fingerprint density at radius 3 is 2.53 bits per heavy atom. The van der Waals surface area contributed by atoms with Crippen LogP contribution in [0.25, 0.3) is 11.1 Å². The summed E-state index contributed by atoms with van der Waals surface area (Å²) in [6.07, 6.45) is 2.92. The molecule has 1 heterocycles. The molecule has 1 N–H and O–H groups in total. The molecular weight excluding hydrogens is 224 g/mol. The molecule has 0 bridgehead atoms. The molecule has 0 saturated carbocycles. The van der Waals surface area contributed by atoms with Gasteiger partial charge in [0.15, 0.2) is 0 Å². The third-order valence-electron chi connectivity index (χ3n) is 2.23. The Hall–Kier alpha value is -2.04. The van der Waals surface area contributed by atoms with Crippen molar-refractivity contribution in [2.24, 2.45) is 0 Å². The van der Waals surface area contributed by atoms with E-state index in [0.717, 1.165) is 18.2 Å². The van der Waals surface area contributed by atoms with Crippen LogP contribution in [0.1, 0.15) is 6.92 Å². The first kappa shape index (κ1) is 11.4. The van der Waals surface area contributed by atoms with Crippen LogP contribution in [0.4, 0.5) is 14.7 Å². The van der Waals surface area contributed by atoms with Crippen LogP contribution in [0.3, 0.4) is 0 Å². The normalized spacial score (nSPS) is 10.3. The molecule has 0 radical (unpaired) electrons. The van der Waals surface area contributed by atoms with Crippen molar-refractivity contribution in [1.29, 1.82) is 0 Å². The Kier molecular flexibility index (Phi) is 3.27. The Bertz CT molecular complexity index is 512. The van der Waals surface area contributed by atoms with Crippen molar-refractivity contribution in [3.8, 4) is 11.1 Å². The molecule has 88 valence electrons. The molecule has 0 amide bonds. The summed E-state index contributed by atoms with van der Waals surface area (Å²) < 4.78 is 26.5. The average molecular weight is 235 g/mol. The second kappa shape index (κ2) is 4.86. The first-order valence-electron chi connectivity index (χ1n) is 5.22. The lowest BCUT2D eigenvalue weighted by molar-refractivity contribution is 0.603. The van der Waals surface area contributed by atoms with Gasteiger partial charge in [0.25, 0.3) is 0 Å². The van der Waals surface area contributed by atoms with Crippen LogP contribution in [-0.2, 0) is 0 Å². The van der Waals surface area contributed by atoms with Crippen molar-refractivity contribution in [2.45, 2.75) is 6.92 Å². The minimum atomic E-state index is -0.494. The third kappa shape index (κ3) is 2.55. The maximum Gasteiger partial charge on any atom is 0.222 e. The van der Waals surface area contributed by atoms with Gasteiger partial charge in [0.05, 0.1) is 0 Å². The number of anilines is 1. The number of hydrogen-bond donors (Lipinski definition) is 1. The fourth-order valence-electron chi connectivity index (χ4n) is 1.44. The average Bonchev–Trinajstić information content (AvgIpc) is 2.34. The number of nitrogens with zero attached hydrogens (tertiary/aromatic N) is 2. The zero-order valence-electron chi connectivity index (χ0n) is 9.24. The van der Waals surface area contributed by atoms with Gasteiger partial charge in [-0.1, -0.05) is 0 Å². The van der Waals surface area contributed by atoms with Crippen molar-refractivity contribution in [3.63, 3.8) is 0 Å². The summed E-state index contributed by atoms with van der Waals surface area (Å²) in [6.45, 7) is 2.62. The highest BCUT2D eigenvalue weighted by atomic mass is 19.1. The highest BCUT2D eigenvalue weighted by Gasteiger charge is 2.07. The third-order valence-corrected chi connectivity index (χ3v) is 2.23. The standard InChI is InChI=1S/C12H11F2N3/c1-2-15-12-16-6-8(7-17-12)10-5-9(13)3-4-11(10)14/h3-7H,2H2,1H3,(H,15,16,17). The molecule has 0 aliphatic heterocycles. The van der Waals surface area contributed by atoms with Crippen molar-refractivity contribution in [1.82, 2.24) is 9.97 Å². The Balaban J connectivity index is 2.36. The van der Waals surface area contributed by atoms with Gasteiger partial charge in [-0.25, -0.2) is 18.7 Å². The predicted octanol–water partition coefficient (Wildman–Crippen LogP) is 2.85. The maximum atomic E-state index is 13.5. The van der Waals surface area contributed by atoms with E-state index in [1.54, 1.807) is 0 Å². The van der Waals surface area contributed by atoms with E-state index in [4.69, 9.17) is 0 Å². The van der Waals surface area contributed by atoms with E-state index >= 15 is 0 Å². The smallest absolute Gasteiger partial charge is 0.222 e. The molecule has 0 atom stereocenters. The highest BCUT2D eigenvalue weighted by molar-refractivity contribution is 5.62. The first-order valence-corrected chi connectivity index (χ1v) is 5.22. The monoisotopic (exact) mass is 235 g/mol. The quantitative estimate of drug-likeness (QED) is 0.888. The topological polar surface area (TPSA) is 37.8 Å². The van der Waals surface area contributed by atoms with E-state index in [0.29, 0.717) is 18.1 Å². The Morgan fingerprint density at radius 1 is 1.18 bits per heavy atom. The zero-order chi connectivity index (χ0) is 12.3. The molecule has 1 aromatic heterocycles. The molecule has 0 aliphatic carbocycles. The van der Waals surface area contributed by atoms with E-state index in [1.165, 1.54) is 12.4 Å². The van der Waals surface area contributed by atoms with Gasteiger partial charge in [0, 0.05) is 30.1 Å². The van der Waals surface area contributed by atoms with Crippen molar-refractivity contribution in [2.75, 3.05) is 11.9 Å². The molecule has 2 aromatic rings. The summed E-state index contributed by atoms with van der Waals surface area (Å²) >= 11 is 0. The number of hydrogen-bond acceptors (Lipinski definition) is 3. The summed E-state index contributed by atoms with van der Waals surface area (Å²) in [4.78, 5) is 8.01. The fraction of sp³-hybridized carbons (Fsp3) is 0.167. The largest absolute Gasteiger partial charge is 0.355 e. The summed E-state index contributed by atoms with van der Waals surface area (Å²) in [7, 11) is 0. The van der Waals surface area contributed by atoms with Crippen LogP contribution in [0.5, 0.6) is 0 Å². The predicted molar refractivity (Wildman–Crippen MR) is 61.5 cm³/mol. The van der Waals surface area contributed by atoms with Gasteiger partial charge in [0.1, 0.15) is 11.6 Å². The van der Waals surface area contributed by atoms with E-state index in [1.807, 2.05) is 6.92 Å². The minimum absolute atomic E-state index is 0.160. The van der Waals surface area contributed by atoms with Crippen LogP contribution in [0, 0.1) is 11.6 Å². The van der Waals surface area contributed by atoms with Gasteiger partial charge in [-0.05, 0) is 25.1 Å². The van der Waals surface area contributed by atoms with E-state index in [9.17, 15) is 8.78 Å². The summed E-state index contributed by atoms with van der Waals surface area (Å²) in [5, 5.41) is 2.92. The molecule has 0 unspecified atom stereocenters. The molecule has 0 fully saturated rings. The number of aromatic nitrogens is 2. The maximum absolute atomic E-state index is 13.5. The molecule has 2 rings (SSSR count). The van der Waals surface area contributed by atoms with Gasteiger partial charge in [-0.2, -0.15) is 0 Å². The number of halogens is 2. The van der Waals surface area contributed by atoms with Gasteiger partial charge in [-0.15, -0.1) is 0 Å². The van der Waals surface area contributed by atoms with Gasteiger partial charge in [-0.3, -0.25) is 0 Å². The lowest BCUT2D eigenvalue weighted by Gasteiger charge is -2.04. The molecule has 3 nitrogen and oxygen atoms in total. The Labute approximate surface area is 97.5 Å². The second-order valence-corrected chi connectivity index (χ2v) is 3.45. The van der Waals surface area contributed by atoms with E-state index < -0.39 is 11.6 Å². The molecule has 0 spiro atoms. The number of rotatable bonds is 3. The van der Waals surface area contributed by atoms with E-state index in [2.05, 4.69) is 15.3 Å². The fourth-order valence-corrected chi connectivity index (χ4v) is 1.44. The summed E-state index contributed by atoms with van der Waals surface area (Å²) in [5.41, 5.74) is 0.608. The molecule has 17 heavy (non-hydrogen) atoms. The zero-order valence-corrected chi connectivity index (χ0v) is 9.24. The summed E-state index contributed by atoms with van der Waals surface area (Å²) in [6, 6.07) is 3.29. The van der Waals surface area contributed by atoms with Crippen LogP contribution < -0.4 is 5.32 Å². The number of nitrogens with one attached hydrogen (secondary N) is 1. The second-order valence-electron chi connectivity index (χ2n) is 3.45. The van der Waals surface area contributed by atoms with Gasteiger partial charge >= 0.3 is 0 Å². The van der Waals surface area contributed by atoms with Crippen molar-refractivity contribution in [3.05, 3.63) is 42.2 Å². The van der Waals surface area contributed by atoms with E-state index in [-0.39, 0.29) is 5.56 Å². The minimum Gasteiger partial charge on any atom is -0.355 e. The molecule has 0 saturated heterocycles. The highest BCUT2D eigenvalue weighted by Crippen LogP contribution is 2.22. The van der Waals surface area contributed by atoms with Gasteiger partial charge < -0.3 is 5.32 Å². The SMILES string of the molecule is CCNc1ncc(-c2cc(F)ccc2F)cn1. The van der Waals surface area contributed by atoms with Crippen LogP contribution in [0.15, 0.2) is 30.6 Å². The number of benzene rings is 1. The summed E-state index contributed by atoms with van der Waals surface area (Å²) in [5.74, 6) is -0.517. The van der Waals surface area contributed by atoms with Crippen LogP contribution >= 0.6 is 0 Å². The molecule has 1 aromatic carbocycles. The van der Waals surface area contributed by atoms with Crippen LogP contribution in [-0.4, -0.2) is 16.5 Å². The molecule has 0 aliphatic rings. The molecule has 5 heteroatoms. The lowest BCUT2D eigenvalue weighted by Crippen LogP contribution is -2.01. The first-order chi connectivity index (χ1) is 8.20. The lowest BCUT2D eigenvalue weighted by atomic mass is 10.1. The van der Waals surface area contributed by atoms with Crippen molar-refractivity contribution >= 4 is 5.95 Å². The molecular formula is C12H11F2N3. The Morgan fingerprint density at radius 2 is 1.88 bits per heavy atom. The van der Waals surface area contributed by atoms with Gasteiger partial charge in [0.2, 0.25) is 5.95 Å².